The number of thioether (sulfide) groups is 1. The summed E-state index contributed by atoms with van der Waals surface area (Å²) in [6.45, 7) is 3.80. The largest absolute Gasteiger partial charge is 0.311 e. The van der Waals surface area contributed by atoms with Gasteiger partial charge < -0.3 is 4.90 Å². The van der Waals surface area contributed by atoms with E-state index in [1.165, 1.54) is 30.8 Å². The second-order valence-corrected chi connectivity index (χ2v) is 5.85. The van der Waals surface area contributed by atoms with Crippen LogP contribution in [-0.2, 0) is 9.59 Å². The smallest absolute Gasteiger partial charge is 0.228 e. The number of anilines is 1. The minimum atomic E-state index is -0.355. The van der Waals surface area contributed by atoms with Gasteiger partial charge in [-0.2, -0.15) is 0 Å². The van der Waals surface area contributed by atoms with Gasteiger partial charge in [0, 0.05) is 30.8 Å². The number of nitrogens with zero attached hydrogens (tertiary/aromatic N) is 1. The van der Waals surface area contributed by atoms with Crippen molar-refractivity contribution in [3.05, 3.63) is 29.6 Å². The predicted molar refractivity (Wildman–Crippen MR) is 70.2 cm³/mol. The van der Waals surface area contributed by atoms with Gasteiger partial charge in [-0.25, -0.2) is 4.39 Å². The zero-order chi connectivity index (χ0) is 13.3. The number of halogens is 1. The van der Waals surface area contributed by atoms with Crippen molar-refractivity contribution in [2.24, 2.45) is 0 Å². The Labute approximate surface area is 109 Å². The highest BCUT2D eigenvalue weighted by molar-refractivity contribution is 8.14. The minimum absolute atomic E-state index is 0.00520. The molecule has 0 saturated carbocycles. The number of rotatable bonds is 2. The molecule has 3 nitrogen and oxygen atoms in total. The standard InChI is InChI=1S/C13H14FNO2S/c1-8-3-4-10(14)5-12(8)15-7-11(6-13(15)17)18-9(2)16/h3-5,11H,6-7H2,1-2H3. The zero-order valence-corrected chi connectivity index (χ0v) is 11.1. The van der Waals surface area contributed by atoms with Crippen LogP contribution >= 0.6 is 11.8 Å². The summed E-state index contributed by atoms with van der Waals surface area (Å²) in [7, 11) is 0. The van der Waals surface area contributed by atoms with Crippen molar-refractivity contribution in [3.8, 4) is 0 Å². The lowest BCUT2D eigenvalue weighted by Crippen LogP contribution is -2.25. The van der Waals surface area contributed by atoms with Gasteiger partial charge in [-0.1, -0.05) is 17.8 Å². The zero-order valence-electron chi connectivity index (χ0n) is 10.3. The number of benzene rings is 1. The number of carbonyl (C=O) groups is 2. The van der Waals surface area contributed by atoms with Gasteiger partial charge in [-0.05, 0) is 24.6 Å². The summed E-state index contributed by atoms with van der Waals surface area (Å²) in [5, 5.41) is -0.0247. The maximum atomic E-state index is 13.2. The van der Waals surface area contributed by atoms with Crippen LogP contribution in [-0.4, -0.2) is 22.8 Å². The molecule has 0 spiro atoms. The number of hydrogen-bond donors (Lipinski definition) is 0. The Balaban J connectivity index is 2.21. The molecular weight excluding hydrogens is 253 g/mol. The molecule has 0 N–H and O–H groups in total. The minimum Gasteiger partial charge on any atom is -0.311 e. The van der Waals surface area contributed by atoms with Crippen LogP contribution in [0.1, 0.15) is 18.9 Å². The molecule has 18 heavy (non-hydrogen) atoms. The van der Waals surface area contributed by atoms with E-state index in [-0.39, 0.29) is 22.1 Å². The first-order chi connectivity index (χ1) is 8.47. The van der Waals surface area contributed by atoms with Crippen LogP contribution in [0.4, 0.5) is 10.1 Å². The van der Waals surface area contributed by atoms with E-state index in [1.54, 1.807) is 11.0 Å². The average Bonchev–Trinajstić information content (AvgIpc) is 2.62. The lowest BCUT2D eigenvalue weighted by Gasteiger charge is -2.18. The summed E-state index contributed by atoms with van der Waals surface area (Å²) in [6, 6.07) is 4.40. The first-order valence-corrected chi connectivity index (χ1v) is 6.59. The molecule has 0 bridgehead atoms. The van der Waals surface area contributed by atoms with E-state index in [9.17, 15) is 14.0 Å². The van der Waals surface area contributed by atoms with E-state index in [4.69, 9.17) is 0 Å². The maximum absolute atomic E-state index is 13.2. The van der Waals surface area contributed by atoms with Crippen molar-refractivity contribution in [1.82, 2.24) is 0 Å². The highest BCUT2D eigenvalue weighted by atomic mass is 32.2. The Bertz CT molecular complexity index is 504. The predicted octanol–water partition coefficient (Wildman–Crippen LogP) is 2.52. The van der Waals surface area contributed by atoms with Crippen LogP contribution in [0.25, 0.3) is 0 Å². The normalized spacial score (nSPS) is 19.4. The maximum Gasteiger partial charge on any atom is 0.228 e. The molecule has 1 saturated heterocycles. The van der Waals surface area contributed by atoms with Gasteiger partial charge in [-0.15, -0.1) is 0 Å². The van der Waals surface area contributed by atoms with Crippen molar-refractivity contribution >= 4 is 28.5 Å². The van der Waals surface area contributed by atoms with Crippen LogP contribution in [0.2, 0.25) is 0 Å². The quantitative estimate of drug-likeness (QED) is 0.826. The molecule has 1 amide bonds. The van der Waals surface area contributed by atoms with Gasteiger partial charge in [0.1, 0.15) is 5.82 Å². The lowest BCUT2D eigenvalue weighted by atomic mass is 10.2. The summed E-state index contributed by atoms with van der Waals surface area (Å²) in [5.74, 6) is -0.409. The van der Waals surface area contributed by atoms with Crippen molar-refractivity contribution in [1.29, 1.82) is 0 Å². The van der Waals surface area contributed by atoms with Crippen LogP contribution in [0, 0.1) is 12.7 Å². The van der Waals surface area contributed by atoms with Gasteiger partial charge in [0.05, 0.1) is 0 Å². The Kier molecular flexibility index (Phi) is 3.71. The van der Waals surface area contributed by atoms with E-state index in [1.807, 2.05) is 6.92 Å². The second-order valence-electron chi connectivity index (χ2n) is 4.37. The highest BCUT2D eigenvalue weighted by Gasteiger charge is 2.32. The topological polar surface area (TPSA) is 37.4 Å². The Hall–Kier alpha value is -1.36. The van der Waals surface area contributed by atoms with Gasteiger partial charge in [-0.3, -0.25) is 9.59 Å². The molecule has 1 heterocycles. The van der Waals surface area contributed by atoms with Crippen LogP contribution in [0.3, 0.4) is 0 Å². The van der Waals surface area contributed by atoms with Crippen LogP contribution < -0.4 is 4.90 Å². The van der Waals surface area contributed by atoms with Gasteiger partial charge in [0.25, 0.3) is 0 Å². The molecule has 5 heteroatoms. The number of carbonyl (C=O) groups excluding carboxylic acids is 2. The molecule has 96 valence electrons. The molecule has 1 fully saturated rings. The fraction of sp³-hybridized carbons (Fsp3) is 0.385. The van der Waals surface area contributed by atoms with Crippen molar-refractivity contribution in [2.45, 2.75) is 25.5 Å². The van der Waals surface area contributed by atoms with Crippen molar-refractivity contribution < 1.29 is 14.0 Å². The first kappa shape index (κ1) is 13.1. The number of aryl methyl sites for hydroxylation is 1. The number of amides is 1. The molecule has 1 aliphatic rings. The monoisotopic (exact) mass is 267 g/mol. The third kappa shape index (κ3) is 2.72. The van der Waals surface area contributed by atoms with E-state index < -0.39 is 0 Å². The van der Waals surface area contributed by atoms with Gasteiger partial charge >= 0.3 is 0 Å². The molecule has 0 radical (unpaired) electrons. The summed E-state index contributed by atoms with van der Waals surface area (Å²) < 4.78 is 13.2. The average molecular weight is 267 g/mol. The van der Waals surface area contributed by atoms with Crippen LogP contribution in [0.5, 0.6) is 0 Å². The lowest BCUT2D eigenvalue weighted by molar-refractivity contribution is -0.117. The molecule has 1 aromatic rings. The van der Waals surface area contributed by atoms with Crippen molar-refractivity contribution in [3.63, 3.8) is 0 Å². The van der Waals surface area contributed by atoms with E-state index in [2.05, 4.69) is 0 Å². The molecule has 1 aromatic carbocycles. The Morgan fingerprint density at radius 2 is 2.22 bits per heavy atom. The first-order valence-electron chi connectivity index (χ1n) is 5.71. The molecule has 0 aliphatic carbocycles. The van der Waals surface area contributed by atoms with E-state index in [0.717, 1.165) is 5.56 Å². The Morgan fingerprint density at radius 3 is 2.89 bits per heavy atom. The SMILES string of the molecule is CC(=O)SC1CC(=O)N(c2cc(F)ccc2C)C1. The fourth-order valence-electron chi connectivity index (χ4n) is 2.09. The third-order valence-electron chi connectivity index (χ3n) is 2.88. The van der Waals surface area contributed by atoms with E-state index in [0.29, 0.717) is 18.7 Å². The molecule has 1 unspecified atom stereocenters. The van der Waals surface area contributed by atoms with Crippen molar-refractivity contribution in [2.75, 3.05) is 11.4 Å². The Morgan fingerprint density at radius 1 is 1.50 bits per heavy atom. The molecule has 1 aliphatic heterocycles. The second kappa shape index (κ2) is 5.10. The fourth-order valence-corrected chi connectivity index (χ4v) is 3.01. The molecule has 2 rings (SSSR count). The number of hydrogen-bond acceptors (Lipinski definition) is 3. The van der Waals surface area contributed by atoms with Gasteiger partial charge in [0.15, 0.2) is 5.12 Å². The molecular formula is C13H14FNO2S. The summed E-state index contributed by atoms with van der Waals surface area (Å²) in [4.78, 5) is 24.5. The molecule has 0 aromatic heterocycles. The highest BCUT2D eigenvalue weighted by Crippen LogP contribution is 2.30. The summed E-state index contributed by atoms with van der Waals surface area (Å²) >= 11 is 1.18. The van der Waals surface area contributed by atoms with Gasteiger partial charge in [0.2, 0.25) is 5.91 Å². The molecule has 1 atom stereocenters. The third-order valence-corrected chi connectivity index (χ3v) is 3.87. The van der Waals surface area contributed by atoms with Crippen LogP contribution in [0.15, 0.2) is 18.2 Å². The summed E-state index contributed by atoms with van der Waals surface area (Å²) in [5.41, 5.74) is 1.46. The summed E-state index contributed by atoms with van der Waals surface area (Å²) in [6.07, 6.45) is 0.334. The van der Waals surface area contributed by atoms with E-state index >= 15 is 0 Å².